The molecule has 1 rings (SSSR count). The van der Waals surface area contributed by atoms with Crippen LogP contribution in [0.3, 0.4) is 0 Å². The largest absolute Gasteiger partial charge is 0.467 e. The Balaban J connectivity index is 2.56. The zero-order chi connectivity index (χ0) is 15.8. The standard InChI is InChI=1S/C11H17N5O5/c1-6(2)21-7(17)5-12-9(18)13-8-14-10(19-3)16-11(15-8)20-4/h6H,5H2,1-4H3,(H2,12,13,14,15,16,18). The first kappa shape index (κ1) is 16.4. The number of amides is 2. The molecule has 2 N–H and O–H groups in total. The highest BCUT2D eigenvalue weighted by Crippen LogP contribution is 2.11. The maximum absolute atomic E-state index is 11.6. The highest BCUT2D eigenvalue weighted by molar-refractivity contribution is 5.89. The van der Waals surface area contributed by atoms with Crippen LogP contribution in [0.15, 0.2) is 0 Å². The number of nitrogens with zero attached hydrogens (tertiary/aromatic N) is 3. The van der Waals surface area contributed by atoms with E-state index in [-0.39, 0.29) is 30.6 Å². The molecular formula is C11H17N5O5. The molecule has 0 atom stereocenters. The van der Waals surface area contributed by atoms with Crippen molar-refractivity contribution in [1.29, 1.82) is 0 Å². The molecule has 21 heavy (non-hydrogen) atoms. The van der Waals surface area contributed by atoms with Crippen LogP contribution in [0.5, 0.6) is 12.0 Å². The Morgan fingerprint density at radius 1 is 1.10 bits per heavy atom. The van der Waals surface area contributed by atoms with E-state index in [2.05, 4.69) is 25.6 Å². The molecule has 0 spiro atoms. The molecule has 1 heterocycles. The van der Waals surface area contributed by atoms with Crippen LogP contribution >= 0.6 is 0 Å². The normalized spacial score (nSPS) is 9.95. The van der Waals surface area contributed by atoms with E-state index in [0.717, 1.165) is 0 Å². The predicted octanol–water partition coefficient (Wildman–Crippen LogP) is -0.0381. The molecule has 0 saturated carbocycles. The third-order valence-corrected chi connectivity index (χ3v) is 1.95. The molecular weight excluding hydrogens is 282 g/mol. The van der Waals surface area contributed by atoms with Gasteiger partial charge in [0.1, 0.15) is 6.54 Å². The zero-order valence-corrected chi connectivity index (χ0v) is 12.2. The molecule has 0 unspecified atom stereocenters. The molecule has 0 aromatic carbocycles. The van der Waals surface area contributed by atoms with Gasteiger partial charge in [0.2, 0.25) is 5.95 Å². The summed E-state index contributed by atoms with van der Waals surface area (Å²) in [4.78, 5) is 34.2. The molecule has 10 nitrogen and oxygen atoms in total. The van der Waals surface area contributed by atoms with Crippen LogP contribution in [0.1, 0.15) is 13.8 Å². The molecule has 116 valence electrons. The number of hydrogen-bond donors (Lipinski definition) is 2. The molecule has 1 aromatic rings. The van der Waals surface area contributed by atoms with Gasteiger partial charge in [0, 0.05) is 0 Å². The molecule has 0 fully saturated rings. The lowest BCUT2D eigenvalue weighted by molar-refractivity contribution is -0.146. The zero-order valence-electron chi connectivity index (χ0n) is 12.2. The summed E-state index contributed by atoms with van der Waals surface area (Å²) in [5.74, 6) is -0.626. The van der Waals surface area contributed by atoms with Crippen LogP contribution in [0.4, 0.5) is 10.7 Å². The van der Waals surface area contributed by atoms with E-state index in [1.54, 1.807) is 13.8 Å². The van der Waals surface area contributed by atoms with E-state index in [4.69, 9.17) is 14.2 Å². The highest BCUT2D eigenvalue weighted by atomic mass is 16.5. The summed E-state index contributed by atoms with van der Waals surface area (Å²) in [6.07, 6.45) is -0.251. The van der Waals surface area contributed by atoms with Gasteiger partial charge in [0.05, 0.1) is 20.3 Å². The maximum atomic E-state index is 11.6. The van der Waals surface area contributed by atoms with Crippen LogP contribution in [-0.4, -0.2) is 53.8 Å². The highest BCUT2D eigenvalue weighted by Gasteiger charge is 2.12. The molecule has 0 aliphatic heterocycles. The van der Waals surface area contributed by atoms with Gasteiger partial charge in [0.15, 0.2) is 0 Å². The summed E-state index contributed by atoms with van der Waals surface area (Å²) >= 11 is 0. The van der Waals surface area contributed by atoms with Crippen molar-refractivity contribution in [1.82, 2.24) is 20.3 Å². The quantitative estimate of drug-likeness (QED) is 0.701. The van der Waals surface area contributed by atoms with Crippen LogP contribution in [0.25, 0.3) is 0 Å². The molecule has 10 heteroatoms. The van der Waals surface area contributed by atoms with E-state index in [0.29, 0.717) is 0 Å². The van der Waals surface area contributed by atoms with Crippen LogP contribution < -0.4 is 20.1 Å². The van der Waals surface area contributed by atoms with Gasteiger partial charge in [-0.1, -0.05) is 0 Å². The number of hydrogen-bond acceptors (Lipinski definition) is 8. The van der Waals surface area contributed by atoms with E-state index < -0.39 is 12.0 Å². The average Bonchev–Trinajstić information content (AvgIpc) is 2.44. The van der Waals surface area contributed by atoms with E-state index >= 15 is 0 Å². The smallest absolute Gasteiger partial charge is 0.325 e. The number of aromatic nitrogens is 3. The Morgan fingerprint density at radius 3 is 2.14 bits per heavy atom. The Hall–Kier alpha value is -2.65. The number of ether oxygens (including phenoxy) is 3. The van der Waals surface area contributed by atoms with Crippen molar-refractivity contribution in [3.8, 4) is 12.0 Å². The Kier molecular flexibility index (Phi) is 6.11. The lowest BCUT2D eigenvalue weighted by Crippen LogP contribution is -2.35. The average molecular weight is 299 g/mol. The number of nitrogens with one attached hydrogen (secondary N) is 2. The number of carbonyl (C=O) groups is 2. The Morgan fingerprint density at radius 2 is 1.67 bits per heavy atom. The number of esters is 1. The Bertz CT molecular complexity index is 486. The van der Waals surface area contributed by atoms with Gasteiger partial charge in [-0.3, -0.25) is 10.1 Å². The number of methoxy groups -OCH3 is 2. The van der Waals surface area contributed by atoms with Crippen molar-refractivity contribution in [2.45, 2.75) is 20.0 Å². The fraction of sp³-hybridized carbons (Fsp3) is 0.545. The van der Waals surface area contributed by atoms with Crippen molar-refractivity contribution >= 4 is 17.9 Å². The van der Waals surface area contributed by atoms with Crippen molar-refractivity contribution in [2.75, 3.05) is 26.1 Å². The minimum atomic E-state index is -0.675. The fourth-order valence-electron chi connectivity index (χ4n) is 1.18. The fourth-order valence-corrected chi connectivity index (χ4v) is 1.18. The van der Waals surface area contributed by atoms with Crippen molar-refractivity contribution in [2.24, 2.45) is 0 Å². The number of rotatable bonds is 6. The van der Waals surface area contributed by atoms with Gasteiger partial charge < -0.3 is 19.5 Å². The molecule has 1 aromatic heterocycles. The van der Waals surface area contributed by atoms with E-state index in [1.807, 2.05) is 0 Å². The molecule has 0 aliphatic carbocycles. The first-order valence-electron chi connectivity index (χ1n) is 6.03. The SMILES string of the molecule is COc1nc(NC(=O)NCC(=O)OC(C)C)nc(OC)n1. The van der Waals surface area contributed by atoms with Crippen LogP contribution in [0.2, 0.25) is 0 Å². The molecule has 0 aliphatic rings. The summed E-state index contributed by atoms with van der Waals surface area (Å²) in [6, 6.07) is -0.709. The Labute approximate surface area is 121 Å². The van der Waals surface area contributed by atoms with Crippen LogP contribution in [0, 0.1) is 0 Å². The van der Waals surface area contributed by atoms with Crippen molar-refractivity contribution in [3.63, 3.8) is 0 Å². The van der Waals surface area contributed by atoms with Gasteiger partial charge in [-0.2, -0.15) is 9.97 Å². The first-order valence-corrected chi connectivity index (χ1v) is 6.03. The van der Waals surface area contributed by atoms with Crippen molar-refractivity contribution in [3.05, 3.63) is 0 Å². The van der Waals surface area contributed by atoms with Gasteiger partial charge in [-0.25, -0.2) is 4.79 Å². The second-order valence-corrected chi connectivity index (χ2v) is 3.98. The summed E-state index contributed by atoms with van der Waals surface area (Å²) in [6.45, 7) is 3.14. The third kappa shape index (κ3) is 5.89. The molecule has 0 bridgehead atoms. The van der Waals surface area contributed by atoms with E-state index in [9.17, 15) is 9.59 Å². The molecule has 2 amide bonds. The summed E-state index contributed by atoms with van der Waals surface area (Å²) < 4.78 is 14.5. The first-order chi connectivity index (χ1) is 9.94. The number of anilines is 1. The second kappa shape index (κ2) is 7.82. The van der Waals surface area contributed by atoms with Crippen molar-refractivity contribution < 1.29 is 23.8 Å². The predicted molar refractivity (Wildman–Crippen MR) is 71.2 cm³/mol. The summed E-state index contributed by atoms with van der Waals surface area (Å²) in [7, 11) is 2.72. The second-order valence-electron chi connectivity index (χ2n) is 3.98. The third-order valence-electron chi connectivity index (χ3n) is 1.95. The minimum Gasteiger partial charge on any atom is -0.467 e. The van der Waals surface area contributed by atoms with Gasteiger partial charge in [-0.05, 0) is 13.8 Å². The van der Waals surface area contributed by atoms with Gasteiger partial charge in [-0.15, -0.1) is 4.98 Å². The minimum absolute atomic E-state index is 0.0173. The van der Waals surface area contributed by atoms with E-state index in [1.165, 1.54) is 14.2 Å². The monoisotopic (exact) mass is 299 g/mol. The number of urea groups is 1. The summed E-state index contributed by atoms with van der Waals surface area (Å²) in [5, 5.41) is 4.62. The number of carbonyl (C=O) groups excluding carboxylic acids is 2. The lowest BCUT2D eigenvalue weighted by Gasteiger charge is -2.09. The van der Waals surface area contributed by atoms with Gasteiger partial charge >= 0.3 is 24.0 Å². The van der Waals surface area contributed by atoms with Gasteiger partial charge in [0.25, 0.3) is 0 Å². The molecule has 0 radical (unpaired) electrons. The molecule has 0 saturated heterocycles. The lowest BCUT2D eigenvalue weighted by atomic mass is 10.5. The van der Waals surface area contributed by atoms with Crippen LogP contribution in [-0.2, 0) is 9.53 Å². The topological polar surface area (TPSA) is 125 Å². The maximum Gasteiger partial charge on any atom is 0.325 e. The summed E-state index contributed by atoms with van der Waals surface area (Å²) in [5.41, 5.74) is 0.